The molecule has 1 N–H and O–H groups in total. The topological polar surface area (TPSA) is 59.1 Å². The molecule has 3 unspecified atom stereocenters. The summed E-state index contributed by atoms with van der Waals surface area (Å²) in [6.07, 6.45) is 0.547. The Kier molecular flexibility index (Phi) is 4.67. The Morgan fingerprint density at radius 1 is 1.25 bits per heavy atom. The highest BCUT2D eigenvalue weighted by molar-refractivity contribution is 6.00. The SMILES string of the molecule is C=C(C)CN1C(=O)C2C(NC3N(c4cccc(C)c4C)CCCN23)N(C)C1=O. The van der Waals surface area contributed by atoms with Gasteiger partial charge in [-0.25, -0.2) is 4.79 Å². The highest BCUT2D eigenvalue weighted by atomic mass is 16.2. The Bertz CT molecular complexity index is 838. The molecule has 0 aromatic heterocycles. The first-order valence-electron chi connectivity index (χ1n) is 9.88. The molecule has 28 heavy (non-hydrogen) atoms. The number of amides is 3. The van der Waals surface area contributed by atoms with Crippen molar-refractivity contribution >= 4 is 17.6 Å². The van der Waals surface area contributed by atoms with Crippen LogP contribution in [0.2, 0.25) is 0 Å². The summed E-state index contributed by atoms with van der Waals surface area (Å²) in [4.78, 5) is 33.6. The van der Waals surface area contributed by atoms with E-state index in [0.29, 0.717) is 0 Å². The van der Waals surface area contributed by atoms with Crippen LogP contribution in [0.1, 0.15) is 24.5 Å². The second-order valence-corrected chi connectivity index (χ2v) is 8.21. The van der Waals surface area contributed by atoms with Gasteiger partial charge in [0.1, 0.15) is 18.5 Å². The molecule has 4 rings (SSSR count). The molecule has 0 saturated carbocycles. The van der Waals surface area contributed by atoms with Crippen LogP contribution in [-0.4, -0.2) is 71.8 Å². The van der Waals surface area contributed by atoms with Crippen LogP contribution in [-0.2, 0) is 4.79 Å². The molecule has 1 aromatic rings. The van der Waals surface area contributed by atoms with E-state index in [2.05, 4.69) is 53.7 Å². The molecule has 3 saturated heterocycles. The number of rotatable bonds is 3. The minimum Gasteiger partial charge on any atom is -0.343 e. The molecule has 7 nitrogen and oxygen atoms in total. The van der Waals surface area contributed by atoms with Crippen LogP contribution in [0.3, 0.4) is 0 Å². The molecule has 1 aromatic carbocycles. The minimum atomic E-state index is -0.375. The normalized spacial score (nSPS) is 27.9. The lowest BCUT2D eigenvalue weighted by Crippen LogP contribution is -2.66. The molecule has 150 valence electrons. The number of nitrogens with zero attached hydrogens (tertiary/aromatic N) is 4. The van der Waals surface area contributed by atoms with E-state index in [1.54, 1.807) is 11.9 Å². The van der Waals surface area contributed by atoms with Gasteiger partial charge in [-0.05, 0) is 44.4 Å². The molecular weight excluding hydrogens is 354 g/mol. The first kappa shape index (κ1) is 19.0. The molecule has 0 aliphatic carbocycles. The molecule has 3 atom stereocenters. The third-order valence-electron chi connectivity index (χ3n) is 6.18. The van der Waals surface area contributed by atoms with E-state index in [-0.39, 0.29) is 37.0 Å². The van der Waals surface area contributed by atoms with Gasteiger partial charge in [0.25, 0.3) is 5.91 Å². The van der Waals surface area contributed by atoms with E-state index in [1.807, 2.05) is 6.92 Å². The predicted molar refractivity (Wildman–Crippen MR) is 109 cm³/mol. The molecule has 3 aliphatic heterocycles. The summed E-state index contributed by atoms with van der Waals surface area (Å²) in [6.45, 7) is 12.0. The Hall–Kier alpha value is -2.38. The maximum absolute atomic E-state index is 13.3. The maximum atomic E-state index is 13.3. The van der Waals surface area contributed by atoms with E-state index < -0.39 is 0 Å². The second kappa shape index (κ2) is 6.90. The summed E-state index contributed by atoms with van der Waals surface area (Å²) < 4.78 is 0. The van der Waals surface area contributed by atoms with Crippen molar-refractivity contribution in [1.29, 1.82) is 0 Å². The first-order chi connectivity index (χ1) is 13.3. The van der Waals surface area contributed by atoms with Gasteiger partial charge in [-0.3, -0.25) is 19.9 Å². The van der Waals surface area contributed by atoms with Crippen molar-refractivity contribution in [2.24, 2.45) is 0 Å². The van der Waals surface area contributed by atoms with Crippen LogP contribution in [0, 0.1) is 13.8 Å². The molecule has 7 heteroatoms. The van der Waals surface area contributed by atoms with Gasteiger partial charge in [-0.1, -0.05) is 24.3 Å². The lowest BCUT2D eigenvalue weighted by molar-refractivity contribution is -0.138. The van der Waals surface area contributed by atoms with Crippen molar-refractivity contribution in [1.82, 2.24) is 20.0 Å². The Morgan fingerprint density at radius 2 is 2.00 bits per heavy atom. The van der Waals surface area contributed by atoms with Crippen LogP contribution in [0.15, 0.2) is 30.4 Å². The van der Waals surface area contributed by atoms with Crippen LogP contribution < -0.4 is 10.2 Å². The van der Waals surface area contributed by atoms with E-state index in [1.165, 1.54) is 21.7 Å². The number of fused-ring (bicyclic) bond motifs is 3. The first-order valence-corrected chi connectivity index (χ1v) is 9.88. The van der Waals surface area contributed by atoms with Gasteiger partial charge in [0.15, 0.2) is 0 Å². The van der Waals surface area contributed by atoms with E-state index in [4.69, 9.17) is 0 Å². The molecule has 3 amide bonds. The van der Waals surface area contributed by atoms with E-state index in [0.717, 1.165) is 25.1 Å². The number of aryl methyl sites for hydroxylation is 1. The average molecular weight is 383 g/mol. The fourth-order valence-electron chi connectivity index (χ4n) is 4.63. The van der Waals surface area contributed by atoms with Gasteiger partial charge in [0, 0.05) is 25.8 Å². The zero-order valence-electron chi connectivity index (χ0n) is 17.1. The minimum absolute atomic E-state index is 0.103. The third kappa shape index (κ3) is 2.81. The van der Waals surface area contributed by atoms with E-state index in [9.17, 15) is 9.59 Å². The molecule has 3 heterocycles. The lowest BCUT2D eigenvalue weighted by atomic mass is 10.1. The summed E-state index contributed by atoms with van der Waals surface area (Å²) >= 11 is 0. The number of carbonyl (C=O) groups excluding carboxylic acids is 2. The van der Waals surface area contributed by atoms with Crippen molar-refractivity contribution in [2.45, 2.75) is 45.7 Å². The number of likely N-dealkylation sites (N-methyl/N-ethyl adjacent to an activating group) is 1. The summed E-state index contributed by atoms with van der Waals surface area (Å²) in [6, 6.07) is 5.70. The molecule has 3 aliphatic rings. The van der Waals surface area contributed by atoms with Crippen LogP contribution in [0.5, 0.6) is 0 Å². The van der Waals surface area contributed by atoms with Crippen molar-refractivity contribution in [3.8, 4) is 0 Å². The van der Waals surface area contributed by atoms with Gasteiger partial charge in [-0.2, -0.15) is 0 Å². The van der Waals surface area contributed by atoms with Crippen LogP contribution in [0.4, 0.5) is 10.5 Å². The quantitative estimate of drug-likeness (QED) is 0.808. The predicted octanol–water partition coefficient (Wildman–Crippen LogP) is 1.87. The molecule has 0 bridgehead atoms. The van der Waals surface area contributed by atoms with Gasteiger partial charge < -0.3 is 9.80 Å². The van der Waals surface area contributed by atoms with Gasteiger partial charge >= 0.3 is 6.03 Å². The Morgan fingerprint density at radius 3 is 2.71 bits per heavy atom. The number of benzene rings is 1. The summed E-state index contributed by atoms with van der Waals surface area (Å²) in [5.41, 5.74) is 4.48. The summed E-state index contributed by atoms with van der Waals surface area (Å²) in [7, 11) is 1.77. The average Bonchev–Trinajstić information content (AvgIpc) is 3.05. The second-order valence-electron chi connectivity index (χ2n) is 8.21. The summed E-state index contributed by atoms with van der Waals surface area (Å²) in [5.74, 6) is -0.131. The van der Waals surface area contributed by atoms with Crippen LogP contribution >= 0.6 is 0 Å². The number of carbonyl (C=O) groups is 2. The van der Waals surface area contributed by atoms with Crippen molar-refractivity contribution in [3.05, 3.63) is 41.5 Å². The zero-order chi connectivity index (χ0) is 20.2. The third-order valence-corrected chi connectivity index (χ3v) is 6.18. The number of hydrogen-bond donors (Lipinski definition) is 1. The number of hydrogen-bond acceptors (Lipinski definition) is 5. The maximum Gasteiger partial charge on any atom is 0.328 e. The van der Waals surface area contributed by atoms with Gasteiger partial charge in [-0.15, -0.1) is 0 Å². The largest absolute Gasteiger partial charge is 0.343 e. The smallest absolute Gasteiger partial charge is 0.328 e. The summed E-state index contributed by atoms with van der Waals surface area (Å²) in [5, 5.41) is 3.56. The number of anilines is 1. The van der Waals surface area contributed by atoms with Gasteiger partial charge in [0.2, 0.25) is 0 Å². The van der Waals surface area contributed by atoms with Crippen molar-refractivity contribution in [2.75, 3.05) is 31.6 Å². The molecule has 0 spiro atoms. The Labute approximate surface area is 166 Å². The molecule has 3 fully saturated rings. The number of imide groups is 1. The monoisotopic (exact) mass is 383 g/mol. The van der Waals surface area contributed by atoms with E-state index >= 15 is 0 Å². The van der Waals surface area contributed by atoms with Crippen molar-refractivity contribution < 1.29 is 9.59 Å². The highest BCUT2D eigenvalue weighted by Gasteiger charge is 2.56. The Balaban J connectivity index is 1.68. The number of nitrogens with one attached hydrogen (secondary N) is 1. The van der Waals surface area contributed by atoms with Gasteiger partial charge in [0.05, 0.1) is 6.54 Å². The highest BCUT2D eigenvalue weighted by Crippen LogP contribution is 2.34. The zero-order valence-corrected chi connectivity index (χ0v) is 17.1. The fraction of sp³-hybridized carbons (Fsp3) is 0.524. The van der Waals surface area contributed by atoms with Crippen LogP contribution in [0.25, 0.3) is 0 Å². The molecule has 0 radical (unpaired) electrons. The van der Waals surface area contributed by atoms with Crippen molar-refractivity contribution in [3.63, 3.8) is 0 Å². The molecular formula is C21H29N5O2. The standard InChI is InChI=1S/C21H29N5O2/c1-13(2)12-26-19(27)17-18(23(5)21(26)28)22-20-24(10-7-11-25(17)20)16-9-6-8-14(3)15(16)4/h6,8-9,17-18,20,22H,1,7,10-12H2,2-5H3. The number of urea groups is 1. The fourth-order valence-corrected chi connectivity index (χ4v) is 4.63. The lowest BCUT2D eigenvalue weighted by Gasteiger charge is -2.44.